The van der Waals surface area contributed by atoms with E-state index >= 15 is 0 Å². The van der Waals surface area contributed by atoms with E-state index in [0.717, 1.165) is 22.2 Å². The number of fused-ring (bicyclic) bond motifs is 1. The third kappa shape index (κ3) is 4.44. The van der Waals surface area contributed by atoms with E-state index in [9.17, 15) is 8.78 Å². The van der Waals surface area contributed by atoms with Gasteiger partial charge in [0.05, 0.1) is 5.52 Å². The van der Waals surface area contributed by atoms with E-state index in [1.807, 2.05) is 38.2 Å². The van der Waals surface area contributed by atoms with Gasteiger partial charge in [-0.25, -0.2) is 8.78 Å². The number of aromatic nitrogens is 1. The van der Waals surface area contributed by atoms with Crippen LogP contribution in [0.2, 0.25) is 0 Å². The molecule has 0 amide bonds. The molecule has 3 nitrogen and oxygen atoms in total. The Morgan fingerprint density at radius 2 is 2.05 bits per heavy atom. The number of hydrogen-bond donors (Lipinski definition) is 1. The first-order valence-electron chi connectivity index (χ1n) is 7.00. The van der Waals surface area contributed by atoms with Crippen LogP contribution in [-0.2, 0) is 4.74 Å². The maximum Gasteiger partial charge on any atom is 0.261 e. The van der Waals surface area contributed by atoms with E-state index in [-0.39, 0.29) is 6.04 Å². The Kier molecular flexibility index (Phi) is 5.59. The molecule has 1 aromatic heterocycles. The zero-order valence-electron chi connectivity index (χ0n) is 12.3. The van der Waals surface area contributed by atoms with E-state index < -0.39 is 13.0 Å². The van der Waals surface area contributed by atoms with Gasteiger partial charge < -0.3 is 10.1 Å². The largest absolute Gasteiger partial charge is 0.375 e. The highest BCUT2D eigenvalue weighted by Crippen LogP contribution is 2.22. The van der Waals surface area contributed by atoms with Crippen LogP contribution in [0.4, 0.5) is 8.78 Å². The lowest BCUT2D eigenvalue weighted by atomic mass is 10.0. The fourth-order valence-electron chi connectivity index (χ4n) is 2.31. The van der Waals surface area contributed by atoms with Gasteiger partial charge in [0.1, 0.15) is 6.61 Å². The van der Waals surface area contributed by atoms with Gasteiger partial charge in [0.15, 0.2) is 0 Å². The molecule has 0 aliphatic carbocycles. The molecule has 0 bridgehead atoms. The van der Waals surface area contributed by atoms with Crippen molar-refractivity contribution in [2.75, 3.05) is 20.3 Å². The molecule has 1 unspecified atom stereocenters. The summed E-state index contributed by atoms with van der Waals surface area (Å²) in [5.74, 6) is 0. The second-order valence-corrected chi connectivity index (χ2v) is 5.00. The van der Waals surface area contributed by atoms with Gasteiger partial charge in [-0.15, -0.1) is 0 Å². The Hall–Kier alpha value is -1.59. The molecule has 1 aromatic carbocycles. The van der Waals surface area contributed by atoms with Crippen LogP contribution in [0.15, 0.2) is 30.3 Å². The van der Waals surface area contributed by atoms with Crippen molar-refractivity contribution >= 4 is 10.9 Å². The van der Waals surface area contributed by atoms with Gasteiger partial charge in [-0.05, 0) is 44.2 Å². The standard InChI is InChI=1S/C16H20F2N2O/c1-11-3-4-13-9-12(5-6-15(13)20-11)14(19-2)7-8-21-10-16(17)18/h3-6,9,14,16,19H,7-8,10H2,1-2H3. The van der Waals surface area contributed by atoms with Crippen LogP contribution in [0.1, 0.15) is 23.7 Å². The van der Waals surface area contributed by atoms with Gasteiger partial charge in [-0.3, -0.25) is 4.98 Å². The number of aryl methyl sites for hydroxylation is 1. The first kappa shape index (κ1) is 15.8. The van der Waals surface area contributed by atoms with Crippen molar-refractivity contribution in [2.24, 2.45) is 0 Å². The van der Waals surface area contributed by atoms with Gasteiger partial charge in [-0.1, -0.05) is 12.1 Å². The van der Waals surface area contributed by atoms with Crippen molar-refractivity contribution in [1.82, 2.24) is 10.3 Å². The molecule has 5 heteroatoms. The Balaban J connectivity index is 2.05. The first-order chi connectivity index (χ1) is 10.1. The number of nitrogens with one attached hydrogen (secondary N) is 1. The van der Waals surface area contributed by atoms with Crippen molar-refractivity contribution in [1.29, 1.82) is 0 Å². The number of alkyl halides is 2. The molecule has 0 radical (unpaired) electrons. The summed E-state index contributed by atoms with van der Waals surface area (Å²) >= 11 is 0. The Morgan fingerprint density at radius 1 is 1.24 bits per heavy atom. The van der Waals surface area contributed by atoms with Gasteiger partial charge in [-0.2, -0.15) is 0 Å². The zero-order valence-corrected chi connectivity index (χ0v) is 12.3. The molecule has 114 valence electrons. The van der Waals surface area contributed by atoms with Crippen LogP contribution in [0.5, 0.6) is 0 Å². The van der Waals surface area contributed by atoms with Crippen LogP contribution >= 0.6 is 0 Å². The molecule has 21 heavy (non-hydrogen) atoms. The van der Waals surface area contributed by atoms with Crippen molar-refractivity contribution < 1.29 is 13.5 Å². The maximum atomic E-state index is 12.0. The Labute approximate surface area is 123 Å². The van der Waals surface area contributed by atoms with Gasteiger partial charge in [0.25, 0.3) is 6.43 Å². The van der Waals surface area contributed by atoms with E-state index in [1.54, 1.807) is 0 Å². The topological polar surface area (TPSA) is 34.1 Å². The van der Waals surface area contributed by atoms with E-state index in [2.05, 4.69) is 16.4 Å². The summed E-state index contributed by atoms with van der Waals surface area (Å²) in [5, 5.41) is 4.27. The summed E-state index contributed by atoms with van der Waals surface area (Å²) in [6, 6.07) is 10.2. The number of hydrogen-bond acceptors (Lipinski definition) is 3. The summed E-state index contributed by atoms with van der Waals surface area (Å²) in [6.07, 6.45) is -1.76. The van der Waals surface area contributed by atoms with Gasteiger partial charge >= 0.3 is 0 Å². The Bertz CT molecular complexity index is 589. The lowest BCUT2D eigenvalue weighted by Gasteiger charge is -2.17. The van der Waals surface area contributed by atoms with Crippen molar-refractivity contribution in [3.8, 4) is 0 Å². The molecule has 0 aliphatic rings. The van der Waals surface area contributed by atoms with E-state index in [1.165, 1.54) is 0 Å². The fourth-order valence-corrected chi connectivity index (χ4v) is 2.31. The predicted molar refractivity (Wildman–Crippen MR) is 79.7 cm³/mol. The number of ether oxygens (including phenoxy) is 1. The average Bonchev–Trinajstić information content (AvgIpc) is 2.46. The van der Waals surface area contributed by atoms with Crippen molar-refractivity contribution in [2.45, 2.75) is 25.8 Å². The summed E-state index contributed by atoms with van der Waals surface area (Å²) < 4.78 is 29.0. The summed E-state index contributed by atoms with van der Waals surface area (Å²) in [7, 11) is 1.86. The molecule has 0 fully saturated rings. The molecular formula is C16H20F2N2O. The number of nitrogens with zero attached hydrogens (tertiary/aromatic N) is 1. The SMILES string of the molecule is CNC(CCOCC(F)F)c1ccc2nc(C)ccc2c1. The van der Waals surface area contributed by atoms with Crippen LogP contribution in [0, 0.1) is 6.92 Å². The predicted octanol–water partition coefficient (Wildman–Crippen LogP) is 3.48. The van der Waals surface area contributed by atoms with Gasteiger partial charge in [0, 0.05) is 23.7 Å². The fraction of sp³-hybridized carbons (Fsp3) is 0.438. The second kappa shape index (κ2) is 7.43. The summed E-state index contributed by atoms with van der Waals surface area (Å²) in [4.78, 5) is 4.47. The summed E-state index contributed by atoms with van der Waals surface area (Å²) in [6.45, 7) is 1.77. The third-order valence-electron chi connectivity index (χ3n) is 3.40. The average molecular weight is 294 g/mol. The smallest absolute Gasteiger partial charge is 0.261 e. The first-order valence-corrected chi connectivity index (χ1v) is 7.00. The molecule has 1 N–H and O–H groups in total. The van der Waals surface area contributed by atoms with E-state index in [0.29, 0.717) is 13.0 Å². The van der Waals surface area contributed by atoms with Crippen LogP contribution in [0.25, 0.3) is 10.9 Å². The van der Waals surface area contributed by atoms with Crippen molar-refractivity contribution in [3.05, 3.63) is 41.6 Å². The van der Waals surface area contributed by atoms with Crippen LogP contribution < -0.4 is 5.32 Å². The number of pyridine rings is 1. The molecular weight excluding hydrogens is 274 g/mol. The molecule has 0 saturated carbocycles. The van der Waals surface area contributed by atoms with E-state index in [4.69, 9.17) is 4.74 Å². The minimum Gasteiger partial charge on any atom is -0.375 e. The highest BCUT2D eigenvalue weighted by molar-refractivity contribution is 5.79. The molecule has 2 aromatic rings. The van der Waals surface area contributed by atoms with Crippen molar-refractivity contribution in [3.63, 3.8) is 0 Å². The third-order valence-corrected chi connectivity index (χ3v) is 3.40. The zero-order chi connectivity index (χ0) is 15.2. The number of halogens is 2. The lowest BCUT2D eigenvalue weighted by Crippen LogP contribution is -2.19. The summed E-state index contributed by atoms with van der Waals surface area (Å²) in [5.41, 5.74) is 3.06. The molecule has 2 rings (SSSR count). The van der Waals surface area contributed by atoms with Gasteiger partial charge in [0.2, 0.25) is 0 Å². The molecule has 1 atom stereocenters. The quantitative estimate of drug-likeness (QED) is 0.794. The lowest BCUT2D eigenvalue weighted by molar-refractivity contribution is 0.0145. The minimum atomic E-state index is -2.41. The minimum absolute atomic E-state index is 0.0772. The second-order valence-electron chi connectivity index (χ2n) is 5.00. The van der Waals surface area contributed by atoms with Crippen LogP contribution in [0.3, 0.4) is 0 Å². The number of benzene rings is 1. The highest BCUT2D eigenvalue weighted by atomic mass is 19.3. The molecule has 0 saturated heterocycles. The number of rotatable bonds is 7. The molecule has 0 spiro atoms. The van der Waals surface area contributed by atoms with Crippen LogP contribution in [-0.4, -0.2) is 31.7 Å². The Morgan fingerprint density at radius 3 is 2.76 bits per heavy atom. The normalized spacial score (nSPS) is 13.0. The monoisotopic (exact) mass is 294 g/mol. The maximum absolute atomic E-state index is 12.0. The molecule has 1 heterocycles. The molecule has 0 aliphatic heterocycles. The highest BCUT2D eigenvalue weighted by Gasteiger charge is 2.11.